The fourth-order valence-corrected chi connectivity index (χ4v) is 18.7. The van der Waals surface area contributed by atoms with Crippen molar-refractivity contribution in [2.24, 2.45) is 47.3 Å². The number of nitrogens with zero attached hydrogens (tertiary/aromatic N) is 9. The van der Waals surface area contributed by atoms with E-state index >= 15 is 51.9 Å². The summed E-state index contributed by atoms with van der Waals surface area (Å²) in [6, 6.07) is -11.2. The van der Waals surface area contributed by atoms with Crippen molar-refractivity contribution in [2.75, 3.05) is 89.2 Å². The van der Waals surface area contributed by atoms with Crippen LogP contribution < -0.4 is 16.0 Å². The van der Waals surface area contributed by atoms with E-state index in [1.54, 1.807) is 13.8 Å². The summed E-state index contributed by atoms with van der Waals surface area (Å²) in [7, 11) is 11.1. The first-order valence-electron chi connectivity index (χ1n) is 40.9. The fourth-order valence-electron chi connectivity index (χ4n) is 18.7. The van der Waals surface area contributed by atoms with E-state index in [0.29, 0.717) is 63.7 Å². The maximum Gasteiger partial charge on any atom is 0.397 e. The van der Waals surface area contributed by atoms with Gasteiger partial charge in [-0.05, 0) is 152 Å². The van der Waals surface area contributed by atoms with E-state index < -0.39 is 230 Å². The molecule has 1 spiro atoms. The molecule has 8 rings (SSSR count). The highest BCUT2D eigenvalue weighted by Gasteiger charge is 2.56. The number of halogens is 8. The summed E-state index contributed by atoms with van der Waals surface area (Å²) >= 11 is 0. The Bertz CT molecular complexity index is 3300. The fraction of sp³-hybridized carbons (Fsp3) is 0.848. The molecule has 5 saturated carbocycles. The van der Waals surface area contributed by atoms with Crippen LogP contribution in [0.25, 0.3) is 0 Å². The molecule has 3 N–H and O–H groups in total. The lowest BCUT2D eigenvalue weighted by Crippen LogP contribution is -2.68. The Labute approximate surface area is 654 Å². The molecule has 634 valence electrons. The van der Waals surface area contributed by atoms with E-state index in [9.17, 15) is 40.7 Å². The zero-order valence-electron chi connectivity index (χ0n) is 67.7. The molecular weight excluding hydrogens is 1480 g/mol. The highest BCUT2D eigenvalue weighted by Crippen LogP contribution is 2.46. The van der Waals surface area contributed by atoms with E-state index in [2.05, 4.69) is 22.9 Å². The Hall–Kier alpha value is -6.96. The van der Waals surface area contributed by atoms with Crippen LogP contribution in [0.3, 0.4) is 0 Å². The maximum atomic E-state index is 15.7. The second-order valence-corrected chi connectivity index (χ2v) is 34.2. The second kappa shape index (κ2) is 39.1. The molecule has 25 nitrogen and oxygen atoms in total. The zero-order chi connectivity index (χ0) is 82.8. The summed E-state index contributed by atoms with van der Waals surface area (Å²) in [5.41, 5.74) is -1.69. The van der Waals surface area contributed by atoms with E-state index in [-0.39, 0.29) is 96.2 Å². The lowest BCUT2D eigenvalue weighted by molar-refractivity contribution is -0.219. The van der Waals surface area contributed by atoms with Gasteiger partial charge in [-0.25, -0.2) is 8.78 Å². The summed E-state index contributed by atoms with van der Waals surface area (Å²) in [6.07, 6.45) is -11.8. The third-order valence-electron chi connectivity index (χ3n) is 26.2. The van der Waals surface area contributed by atoms with E-state index in [1.165, 1.54) is 80.9 Å². The van der Waals surface area contributed by atoms with Crippen molar-refractivity contribution >= 4 is 70.9 Å². The second-order valence-electron chi connectivity index (χ2n) is 34.2. The minimum absolute atomic E-state index is 0.0110. The number of rotatable bonds is 13. The Morgan fingerprint density at radius 3 is 1.73 bits per heavy atom. The average molecular weight is 1600 g/mol. The molecule has 0 radical (unpaired) electrons. The molecule has 12 amide bonds. The SMILES string of the molecule is CCO[C@@H]1C[C@H]2C(=O)NC3(CCC3)C(=O)N(C)[C@@H](C3CCCC3)C(=O)N(C)[C@H](C(=O)N(C)C)CC(=O)N(C)[C@@H](CC3CCC(C)CC3)C(=O)N[C@@H]([C@@H](C)CC)C(=O)N(C)CC(=O)N(C)[C@H]3CCCCCN(C3=O)[C@@H](CC3CCC(C(F)(F)F)CC3)C(=O)N(C)CC(=O)N[C@@H](CCC3CC(F)C(C(F)(F)F)C(F)C3)C(=O)N2C1. The number of carbonyl (C=O) groups is 12. The quantitative estimate of drug-likeness (QED) is 0.149. The normalized spacial score (nSPS) is 33.2. The molecular formula is C79H124F8N12O13. The number of amides is 12. The number of carbonyl (C=O) groups excluding carboxylic acids is 12. The van der Waals surface area contributed by atoms with Gasteiger partial charge in [0, 0.05) is 82.5 Å². The van der Waals surface area contributed by atoms with E-state index in [0.717, 1.165) is 45.3 Å². The van der Waals surface area contributed by atoms with Crippen LogP contribution in [0.1, 0.15) is 207 Å². The minimum Gasteiger partial charge on any atom is -0.377 e. The molecule has 0 aromatic carbocycles. The zero-order valence-corrected chi connectivity index (χ0v) is 67.7. The van der Waals surface area contributed by atoms with Crippen LogP contribution in [0.5, 0.6) is 0 Å². The van der Waals surface area contributed by atoms with Gasteiger partial charge < -0.3 is 64.8 Å². The van der Waals surface area contributed by atoms with E-state index in [1.807, 2.05) is 6.92 Å². The summed E-state index contributed by atoms with van der Waals surface area (Å²) in [6.45, 7) is 5.60. The molecule has 12 atom stereocenters. The van der Waals surface area contributed by atoms with Crippen molar-refractivity contribution < 1.29 is 97.4 Å². The van der Waals surface area contributed by atoms with Crippen LogP contribution in [0.4, 0.5) is 35.1 Å². The molecule has 3 heterocycles. The maximum absolute atomic E-state index is 15.7. The molecule has 2 bridgehead atoms. The van der Waals surface area contributed by atoms with Gasteiger partial charge in [-0.1, -0.05) is 78.6 Å². The smallest absolute Gasteiger partial charge is 0.377 e. The summed E-state index contributed by atoms with van der Waals surface area (Å²) < 4.78 is 122. The molecule has 33 heteroatoms. The number of alkyl halides is 8. The monoisotopic (exact) mass is 1600 g/mol. The summed E-state index contributed by atoms with van der Waals surface area (Å²) in [4.78, 5) is 193. The lowest BCUT2D eigenvalue weighted by atomic mass is 9.74. The van der Waals surface area contributed by atoms with Gasteiger partial charge in [0.1, 0.15) is 72.1 Å². The van der Waals surface area contributed by atoms with Crippen molar-refractivity contribution in [3.05, 3.63) is 0 Å². The first-order chi connectivity index (χ1) is 52.6. The topological polar surface area (TPSA) is 279 Å². The molecule has 5 aliphatic carbocycles. The number of likely N-dealkylation sites (N-methyl/N-ethyl adjacent to an activating group) is 7. The molecule has 3 aliphatic heterocycles. The Morgan fingerprint density at radius 2 is 1.17 bits per heavy atom. The number of ether oxygens (including phenoxy) is 1. The van der Waals surface area contributed by atoms with Gasteiger partial charge in [-0.15, -0.1) is 0 Å². The number of hydrogen-bond donors (Lipinski definition) is 3. The molecule has 0 aromatic rings. The van der Waals surface area contributed by atoms with Gasteiger partial charge in [-0.3, -0.25) is 57.5 Å². The number of fused-ring (bicyclic) bond motifs is 3. The Balaban J connectivity index is 1.21. The van der Waals surface area contributed by atoms with Gasteiger partial charge in [-0.2, -0.15) is 26.3 Å². The van der Waals surface area contributed by atoms with Crippen molar-refractivity contribution in [2.45, 2.75) is 292 Å². The molecule has 3 saturated heterocycles. The van der Waals surface area contributed by atoms with Crippen LogP contribution in [-0.2, 0) is 62.3 Å². The van der Waals surface area contributed by atoms with Crippen LogP contribution in [-0.4, -0.2) is 289 Å². The number of nitrogens with one attached hydrogen (secondary N) is 3. The van der Waals surface area contributed by atoms with Gasteiger partial charge in [0.15, 0.2) is 0 Å². The lowest BCUT2D eigenvalue weighted by Gasteiger charge is -2.46. The van der Waals surface area contributed by atoms with Crippen LogP contribution in [0.2, 0.25) is 0 Å². The highest BCUT2D eigenvalue weighted by atomic mass is 19.4. The Morgan fingerprint density at radius 1 is 0.580 bits per heavy atom. The highest BCUT2D eigenvalue weighted by molar-refractivity contribution is 6.01. The standard InChI is InChI=1S/C79H124F8N12O13/c1-13-47(4)66-74(109)93(8)45-64(102)94(9)57-23-16-15-19-36-98(73(57)108)61(40-49-28-31-52(32-29-49)78(82,83)84)72(107)92(7)44-62(100)88-56(33-30-50-37-54(80)65(55(81)38-50)79(85,86)87)70(105)99-43-53(112-14-2)41-59(99)69(104)90-77(34-20-35-77)76(111)97(12)67(51-21-17-18-22-51)75(110)96(11)60(71(106)91(5)6)42-63(101)95(10)58(68(103)89-66)39-48-26-24-46(3)25-27-48/h46-61,65-67H,13-45H2,1-12H3,(H,88,100)(H,89,103)(H,90,104)/t46?,47-,48?,49?,50?,52?,53+,54?,55?,56-,57-,58-,59-,60-,61-,65?,66-,67-/m0/s1. The van der Waals surface area contributed by atoms with Crippen LogP contribution in [0, 0.1) is 47.3 Å². The molecule has 2 unspecified atom stereocenters. The van der Waals surface area contributed by atoms with Crippen molar-refractivity contribution in [1.29, 1.82) is 0 Å². The Kier molecular flexibility index (Phi) is 31.6. The van der Waals surface area contributed by atoms with Crippen LogP contribution in [0.15, 0.2) is 0 Å². The largest absolute Gasteiger partial charge is 0.397 e. The molecule has 112 heavy (non-hydrogen) atoms. The first kappa shape index (κ1) is 90.6. The minimum atomic E-state index is -5.21. The number of hydrogen-bond acceptors (Lipinski definition) is 13. The van der Waals surface area contributed by atoms with E-state index in [4.69, 9.17) is 4.74 Å². The van der Waals surface area contributed by atoms with Crippen molar-refractivity contribution in [3.63, 3.8) is 0 Å². The average Bonchev–Trinajstić information content (AvgIpc) is 0.986. The van der Waals surface area contributed by atoms with Crippen molar-refractivity contribution in [1.82, 2.24) is 60.0 Å². The predicted molar refractivity (Wildman–Crippen MR) is 397 cm³/mol. The van der Waals surface area contributed by atoms with Crippen molar-refractivity contribution in [3.8, 4) is 0 Å². The summed E-state index contributed by atoms with van der Waals surface area (Å²) in [5, 5.41) is 8.55. The third kappa shape index (κ3) is 22.0. The van der Waals surface area contributed by atoms with Gasteiger partial charge in [0.05, 0.1) is 31.5 Å². The van der Waals surface area contributed by atoms with Gasteiger partial charge >= 0.3 is 12.4 Å². The first-order valence-corrected chi connectivity index (χ1v) is 40.9. The molecule has 8 aliphatic rings. The predicted octanol–water partition coefficient (Wildman–Crippen LogP) is 7.75. The van der Waals surface area contributed by atoms with Gasteiger partial charge in [0.2, 0.25) is 70.9 Å². The molecule has 0 aromatic heterocycles. The summed E-state index contributed by atoms with van der Waals surface area (Å²) in [5.74, 6) is -16.1. The third-order valence-corrected chi connectivity index (χ3v) is 26.2. The van der Waals surface area contributed by atoms with Gasteiger partial charge in [0.25, 0.3) is 0 Å². The van der Waals surface area contributed by atoms with Crippen LogP contribution >= 0.6 is 0 Å². The molecule has 8 fully saturated rings.